The van der Waals surface area contributed by atoms with Crippen LogP contribution in [0, 0.1) is 0 Å². The average molecular weight is 356 g/mol. The second kappa shape index (κ2) is 7.55. The molecule has 2 aromatic rings. The van der Waals surface area contributed by atoms with Crippen LogP contribution in [0.4, 0.5) is 5.95 Å². The molecule has 0 spiro atoms. The Bertz CT molecular complexity index is 827. The zero-order valence-corrected chi connectivity index (χ0v) is 15.6. The van der Waals surface area contributed by atoms with E-state index >= 15 is 0 Å². The lowest BCUT2D eigenvalue weighted by Gasteiger charge is -2.10. The van der Waals surface area contributed by atoms with Crippen molar-refractivity contribution in [3.63, 3.8) is 0 Å². The highest BCUT2D eigenvalue weighted by atomic mass is 16.6. The van der Waals surface area contributed by atoms with E-state index in [0.29, 0.717) is 17.9 Å². The Labute approximate surface area is 152 Å². The molecule has 138 valence electrons. The van der Waals surface area contributed by atoms with Gasteiger partial charge in [-0.05, 0) is 18.6 Å². The van der Waals surface area contributed by atoms with Gasteiger partial charge in [0.05, 0.1) is 12.3 Å². The second-order valence-electron chi connectivity index (χ2n) is 6.49. The molecule has 0 unspecified atom stereocenters. The van der Waals surface area contributed by atoms with E-state index in [4.69, 9.17) is 4.84 Å². The van der Waals surface area contributed by atoms with Crippen LogP contribution in [0.25, 0.3) is 11.4 Å². The lowest BCUT2D eigenvalue weighted by atomic mass is 10.1. The van der Waals surface area contributed by atoms with Crippen molar-refractivity contribution in [1.82, 2.24) is 20.1 Å². The van der Waals surface area contributed by atoms with E-state index in [-0.39, 0.29) is 12.0 Å². The number of hydrogen-bond acceptors (Lipinski definition) is 6. The summed E-state index contributed by atoms with van der Waals surface area (Å²) in [6.07, 6.45) is 1.55. The number of hydrogen-bond donors (Lipinski definition) is 1. The van der Waals surface area contributed by atoms with Crippen molar-refractivity contribution in [2.24, 2.45) is 12.2 Å². The van der Waals surface area contributed by atoms with Gasteiger partial charge in [0.1, 0.15) is 6.10 Å². The second-order valence-corrected chi connectivity index (χ2v) is 6.49. The number of rotatable bonds is 6. The molecule has 26 heavy (non-hydrogen) atoms. The average Bonchev–Trinajstić information content (AvgIpc) is 3.26. The number of aryl methyl sites for hydroxylation is 1. The largest absolute Gasteiger partial charge is 0.390 e. The highest BCUT2D eigenvalue weighted by Gasteiger charge is 2.21. The molecule has 1 N–H and O–H groups in total. The van der Waals surface area contributed by atoms with Gasteiger partial charge in [0.2, 0.25) is 5.95 Å². The van der Waals surface area contributed by atoms with E-state index in [1.54, 1.807) is 16.8 Å². The highest BCUT2D eigenvalue weighted by molar-refractivity contribution is 5.95. The van der Waals surface area contributed by atoms with Crippen molar-refractivity contribution < 1.29 is 9.63 Å². The van der Waals surface area contributed by atoms with Crippen molar-refractivity contribution in [1.29, 1.82) is 0 Å². The summed E-state index contributed by atoms with van der Waals surface area (Å²) in [4.78, 5) is 24.2. The molecule has 1 amide bonds. The SMILES string of the molecule is CCC1=NO[C@@H](CNC(=O)c2cccc(-c3nc(N(C)C)n(C)n3)c2)C1. The van der Waals surface area contributed by atoms with Gasteiger partial charge in [0, 0.05) is 38.7 Å². The summed E-state index contributed by atoms with van der Waals surface area (Å²) >= 11 is 0. The summed E-state index contributed by atoms with van der Waals surface area (Å²) < 4.78 is 1.71. The number of nitrogens with zero attached hydrogens (tertiary/aromatic N) is 5. The van der Waals surface area contributed by atoms with Crippen LogP contribution in [0.15, 0.2) is 29.4 Å². The number of oxime groups is 1. The number of anilines is 1. The van der Waals surface area contributed by atoms with Gasteiger partial charge in [-0.3, -0.25) is 4.79 Å². The normalized spacial score (nSPS) is 16.2. The van der Waals surface area contributed by atoms with Crippen LogP contribution in [-0.4, -0.2) is 53.1 Å². The standard InChI is InChI=1S/C18H24N6O2/c1-5-14-10-15(26-22-14)11-19-17(25)13-8-6-7-12(9-13)16-20-18(23(2)3)24(4)21-16/h6-9,15H,5,10-11H2,1-4H3,(H,19,25)/t15-/m1/s1. The molecule has 8 nitrogen and oxygen atoms in total. The zero-order valence-electron chi connectivity index (χ0n) is 15.6. The number of amides is 1. The van der Waals surface area contributed by atoms with E-state index in [0.717, 1.165) is 30.1 Å². The Morgan fingerprint density at radius 2 is 2.23 bits per heavy atom. The zero-order chi connectivity index (χ0) is 18.7. The molecule has 3 rings (SSSR count). The van der Waals surface area contributed by atoms with Crippen LogP contribution < -0.4 is 10.2 Å². The lowest BCUT2D eigenvalue weighted by Crippen LogP contribution is -2.32. The molecule has 0 aliphatic carbocycles. The number of nitrogens with one attached hydrogen (secondary N) is 1. The molecule has 0 fully saturated rings. The quantitative estimate of drug-likeness (QED) is 0.854. The predicted octanol–water partition coefficient (Wildman–Crippen LogP) is 1.83. The van der Waals surface area contributed by atoms with Crippen molar-refractivity contribution in [2.75, 3.05) is 25.5 Å². The summed E-state index contributed by atoms with van der Waals surface area (Å²) in [5.74, 6) is 1.19. The summed E-state index contributed by atoms with van der Waals surface area (Å²) in [5.41, 5.74) is 2.40. The highest BCUT2D eigenvalue weighted by Crippen LogP contribution is 2.20. The smallest absolute Gasteiger partial charge is 0.251 e. The summed E-state index contributed by atoms with van der Waals surface area (Å²) in [6, 6.07) is 7.30. The molecule has 8 heteroatoms. The summed E-state index contributed by atoms with van der Waals surface area (Å²) in [7, 11) is 5.67. The van der Waals surface area contributed by atoms with Gasteiger partial charge < -0.3 is 15.1 Å². The van der Waals surface area contributed by atoms with Crippen molar-refractivity contribution in [3.05, 3.63) is 29.8 Å². The van der Waals surface area contributed by atoms with Gasteiger partial charge >= 0.3 is 0 Å². The van der Waals surface area contributed by atoms with E-state index < -0.39 is 0 Å². The molecule has 0 saturated carbocycles. The topological polar surface area (TPSA) is 84.6 Å². The fraction of sp³-hybridized carbons (Fsp3) is 0.444. The van der Waals surface area contributed by atoms with Crippen LogP contribution >= 0.6 is 0 Å². The molecule has 0 radical (unpaired) electrons. The van der Waals surface area contributed by atoms with Crippen molar-refractivity contribution in [2.45, 2.75) is 25.9 Å². The molecular formula is C18H24N6O2. The molecular weight excluding hydrogens is 332 g/mol. The van der Waals surface area contributed by atoms with Crippen LogP contribution in [-0.2, 0) is 11.9 Å². The number of benzene rings is 1. The van der Waals surface area contributed by atoms with E-state index in [9.17, 15) is 4.79 Å². The Balaban J connectivity index is 1.67. The van der Waals surface area contributed by atoms with Gasteiger partial charge in [-0.1, -0.05) is 24.2 Å². The van der Waals surface area contributed by atoms with Crippen LogP contribution in [0.5, 0.6) is 0 Å². The van der Waals surface area contributed by atoms with Crippen LogP contribution in [0.1, 0.15) is 30.1 Å². The first-order chi connectivity index (χ1) is 12.5. The predicted molar refractivity (Wildman–Crippen MR) is 100 cm³/mol. The van der Waals surface area contributed by atoms with Crippen molar-refractivity contribution >= 4 is 17.6 Å². The summed E-state index contributed by atoms with van der Waals surface area (Å²) in [6.45, 7) is 2.48. The van der Waals surface area contributed by atoms with E-state index in [2.05, 4.69) is 20.6 Å². The summed E-state index contributed by atoms with van der Waals surface area (Å²) in [5, 5.41) is 11.3. The number of carbonyl (C=O) groups excluding carboxylic acids is 1. The van der Waals surface area contributed by atoms with Gasteiger partial charge in [-0.25, -0.2) is 4.68 Å². The maximum absolute atomic E-state index is 12.5. The molecule has 1 atom stereocenters. The Morgan fingerprint density at radius 3 is 2.88 bits per heavy atom. The maximum Gasteiger partial charge on any atom is 0.251 e. The Hall–Kier alpha value is -2.90. The van der Waals surface area contributed by atoms with Gasteiger partial charge in [0.15, 0.2) is 5.82 Å². The monoisotopic (exact) mass is 356 g/mol. The third-order valence-electron chi connectivity index (χ3n) is 4.22. The fourth-order valence-electron chi connectivity index (χ4n) is 2.80. The molecule has 0 saturated heterocycles. The molecule has 1 aromatic carbocycles. The fourth-order valence-corrected chi connectivity index (χ4v) is 2.80. The minimum Gasteiger partial charge on any atom is -0.390 e. The third-order valence-corrected chi connectivity index (χ3v) is 4.22. The Morgan fingerprint density at radius 1 is 1.42 bits per heavy atom. The van der Waals surface area contributed by atoms with Crippen LogP contribution in [0.2, 0.25) is 0 Å². The first-order valence-corrected chi connectivity index (χ1v) is 8.66. The van der Waals surface area contributed by atoms with Crippen LogP contribution in [0.3, 0.4) is 0 Å². The Kier molecular flexibility index (Phi) is 5.20. The van der Waals surface area contributed by atoms with Gasteiger partial charge in [-0.2, -0.15) is 4.98 Å². The third kappa shape index (κ3) is 3.84. The molecule has 0 bridgehead atoms. The van der Waals surface area contributed by atoms with Gasteiger partial charge in [-0.15, -0.1) is 5.10 Å². The first-order valence-electron chi connectivity index (χ1n) is 8.66. The van der Waals surface area contributed by atoms with E-state index in [1.807, 2.05) is 45.1 Å². The lowest BCUT2D eigenvalue weighted by molar-refractivity contribution is 0.0753. The van der Waals surface area contributed by atoms with Gasteiger partial charge in [0.25, 0.3) is 5.91 Å². The van der Waals surface area contributed by atoms with E-state index in [1.165, 1.54) is 0 Å². The molecule has 1 aromatic heterocycles. The molecule has 1 aliphatic heterocycles. The number of carbonyl (C=O) groups is 1. The maximum atomic E-state index is 12.5. The first kappa shape index (κ1) is 17.9. The molecule has 1 aliphatic rings. The minimum absolute atomic E-state index is 0.0859. The minimum atomic E-state index is -0.149. The number of aromatic nitrogens is 3. The van der Waals surface area contributed by atoms with Crippen molar-refractivity contribution in [3.8, 4) is 11.4 Å². The molecule has 2 heterocycles.